The third-order valence-corrected chi connectivity index (χ3v) is 1.72. The molecule has 0 atom stereocenters. The Bertz CT molecular complexity index is 302. The molecular weight excluding hydrogens is 144 g/mol. The summed E-state index contributed by atoms with van der Waals surface area (Å²) in [5, 5.41) is 8.66. The molecule has 0 aromatic rings. The SMILES string of the molecule is O=C(O)N1CC=C2C=NC=C21. The minimum Gasteiger partial charge on any atom is -0.465 e. The maximum atomic E-state index is 10.5. The largest absolute Gasteiger partial charge is 0.465 e. The fraction of sp³-hybridized carbons (Fsp3) is 0.143. The summed E-state index contributed by atoms with van der Waals surface area (Å²) in [5.41, 5.74) is 1.60. The maximum absolute atomic E-state index is 10.5. The molecular formula is C7H6N2O2. The van der Waals surface area contributed by atoms with Crippen molar-refractivity contribution in [1.82, 2.24) is 4.90 Å². The summed E-state index contributed by atoms with van der Waals surface area (Å²) in [7, 11) is 0. The number of carboxylic acid groups (broad SMARTS) is 1. The van der Waals surface area contributed by atoms with E-state index >= 15 is 0 Å². The lowest BCUT2D eigenvalue weighted by atomic mass is 10.3. The molecule has 0 aromatic heterocycles. The summed E-state index contributed by atoms with van der Waals surface area (Å²) < 4.78 is 0. The van der Waals surface area contributed by atoms with Crippen molar-refractivity contribution in [1.29, 1.82) is 0 Å². The molecule has 0 fully saturated rings. The summed E-state index contributed by atoms with van der Waals surface area (Å²) in [6.45, 7) is 0.447. The van der Waals surface area contributed by atoms with Gasteiger partial charge in [-0.1, -0.05) is 6.08 Å². The summed E-state index contributed by atoms with van der Waals surface area (Å²) in [4.78, 5) is 15.6. The normalized spacial score (nSPS) is 19.8. The third kappa shape index (κ3) is 0.756. The molecule has 2 aliphatic heterocycles. The number of aliphatic imine (C=N–C) groups is 1. The Hall–Kier alpha value is -1.58. The van der Waals surface area contributed by atoms with Crippen LogP contribution in [0.5, 0.6) is 0 Å². The monoisotopic (exact) mass is 150 g/mol. The highest BCUT2D eigenvalue weighted by Crippen LogP contribution is 2.24. The lowest BCUT2D eigenvalue weighted by Crippen LogP contribution is -2.24. The molecule has 2 aliphatic rings. The molecule has 2 rings (SSSR count). The van der Waals surface area contributed by atoms with Gasteiger partial charge in [-0.15, -0.1) is 0 Å². The first kappa shape index (κ1) is 6.15. The average Bonchev–Trinajstić information content (AvgIpc) is 2.41. The van der Waals surface area contributed by atoms with Crippen LogP contribution in [0.15, 0.2) is 28.5 Å². The van der Waals surface area contributed by atoms with Crippen molar-refractivity contribution in [2.45, 2.75) is 0 Å². The van der Waals surface area contributed by atoms with E-state index in [2.05, 4.69) is 4.99 Å². The molecule has 0 aliphatic carbocycles. The van der Waals surface area contributed by atoms with E-state index in [0.717, 1.165) is 5.57 Å². The van der Waals surface area contributed by atoms with Crippen molar-refractivity contribution in [3.05, 3.63) is 23.5 Å². The fourth-order valence-corrected chi connectivity index (χ4v) is 1.18. The van der Waals surface area contributed by atoms with Gasteiger partial charge in [0.1, 0.15) is 0 Å². The van der Waals surface area contributed by atoms with E-state index in [1.807, 2.05) is 6.08 Å². The molecule has 4 nitrogen and oxygen atoms in total. The zero-order valence-corrected chi connectivity index (χ0v) is 5.69. The van der Waals surface area contributed by atoms with Gasteiger partial charge in [0.25, 0.3) is 0 Å². The summed E-state index contributed by atoms with van der Waals surface area (Å²) >= 11 is 0. The van der Waals surface area contributed by atoms with E-state index < -0.39 is 6.09 Å². The van der Waals surface area contributed by atoms with Gasteiger partial charge in [0.2, 0.25) is 0 Å². The van der Waals surface area contributed by atoms with Crippen LogP contribution >= 0.6 is 0 Å². The Kier molecular flexibility index (Phi) is 1.09. The van der Waals surface area contributed by atoms with E-state index in [9.17, 15) is 4.79 Å². The van der Waals surface area contributed by atoms with Gasteiger partial charge in [0, 0.05) is 18.3 Å². The van der Waals surface area contributed by atoms with Crippen LogP contribution in [-0.4, -0.2) is 28.9 Å². The van der Waals surface area contributed by atoms with Gasteiger partial charge in [0.05, 0.1) is 11.9 Å². The first-order valence-electron chi connectivity index (χ1n) is 3.23. The quantitative estimate of drug-likeness (QED) is 0.556. The highest BCUT2D eigenvalue weighted by atomic mass is 16.4. The van der Waals surface area contributed by atoms with Crippen LogP contribution in [-0.2, 0) is 0 Å². The first-order valence-corrected chi connectivity index (χ1v) is 3.23. The Balaban J connectivity index is 2.31. The minimum atomic E-state index is -0.923. The molecule has 0 bridgehead atoms. The molecule has 0 saturated carbocycles. The summed E-state index contributed by atoms with van der Waals surface area (Å²) in [6, 6.07) is 0. The van der Waals surface area contributed by atoms with Crippen molar-refractivity contribution in [3.63, 3.8) is 0 Å². The molecule has 56 valence electrons. The van der Waals surface area contributed by atoms with E-state index in [4.69, 9.17) is 5.11 Å². The van der Waals surface area contributed by atoms with E-state index in [-0.39, 0.29) is 0 Å². The van der Waals surface area contributed by atoms with Gasteiger partial charge in [-0.25, -0.2) is 4.79 Å². The van der Waals surface area contributed by atoms with Gasteiger partial charge in [-0.05, 0) is 0 Å². The smallest absolute Gasteiger partial charge is 0.412 e. The predicted molar refractivity (Wildman–Crippen MR) is 39.4 cm³/mol. The number of carbonyl (C=O) groups is 1. The van der Waals surface area contributed by atoms with E-state index in [1.165, 1.54) is 4.90 Å². The van der Waals surface area contributed by atoms with Gasteiger partial charge in [-0.2, -0.15) is 0 Å². The topological polar surface area (TPSA) is 52.9 Å². The molecule has 1 N–H and O–H groups in total. The molecule has 0 spiro atoms. The third-order valence-electron chi connectivity index (χ3n) is 1.72. The van der Waals surface area contributed by atoms with Crippen LogP contribution in [0.2, 0.25) is 0 Å². The summed E-state index contributed by atoms with van der Waals surface area (Å²) in [5.74, 6) is 0. The van der Waals surface area contributed by atoms with Crippen molar-refractivity contribution < 1.29 is 9.90 Å². The highest BCUT2D eigenvalue weighted by Gasteiger charge is 2.25. The molecule has 1 amide bonds. The standard InChI is InChI=1S/C7H6N2O2/c10-7(11)9-2-1-5-3-8-4-6(5)9/h1,3-4H,2H2,(H,10,11). The predicted octanol–water partition coefficient (Wildman–Crippen LogP) is 0.832. The molecule has 2 heterocycles. The number of hydrogen-bond acceptors (Lipinski definition) is 2. The lowest BCUT2D eigenvalue weighted by molar-refractivity contribution is 0.165. The van der Waals surface area contributed by atoms with Crippen molar-refractivity contribution in [2.75, 3.05) is 6.54 Å². The van der Waals surface area contributed by atoms with Crippen LogP contribution in [0, 0.1) is 0 Å². The second-order valence-corrected chi connectivity index (χ2v) is 2.35. The van der Waals surface area contributed by atoms with Crippen LogP contribution in [0.3, 0.4) is 0 Å². The fourth-order valence-electron chi connectivity index (χ4n) is 1.18. The Morgan fingerprint density at radius 1 is 1.73 bits per heavy atom. The molecule has 0 saturated heterocycles. The Labute approximate surface area is 63.1 Å². The van der Waals surface area contributed by atoms with Crippen LogP contribution < -0.4 is 0 Å². The number of amides is 1. The molecule has 11 heavy (non-hydrogen) atoms. The number of hydrogen-bond donors (Lipinski definition) is 1. The zero-order chi connectivity index (χ0) is 7.84. The van der Waals surface area contributed by atoms with Gasteiger partial charge in [-0.3, -0.25) is 9.89 Å². The van der Waals surface area contributed by atoms with Crippen molar-refractivity contribution in [2.24, 2.45) is 4.99 Å². The second kappa shape index (κ2) is 1.95. The number of nitrogens with zero attached hydrogens (tertiary/aromatic N) is 2. The second-order valence-electron chi connectivity index (χ2n) is 2.35. The van der Waals surface area contributed by atoms with Crippen molar-refractivity contribution in [3.8, 4) is 0 Å². The molecule has 0 unspecified atom stereocenters. The zero-order valence-electron chi connectivity index (χ0n) is 5.69. The average molecular weight is 150 g/mol. The van der Waals surface area contributed by atoms with E-state index in [1.54, 1.807) is 12.4 Å². The minimum absolute atomic E-state index is 0.447. The first-order chi connectivity index (χ1) is 5.29. The summed E-state index contributed by atoms with van der Waals surface area (Å²) in [6.07, 6.45) is 4.15. The number of allylic oxidation sites excluding steroid dienone is 1. The van der Waals surface area contributed by atoms with Gasteiger partial charge in [0.15, 0.2) is 0 Å². The highest BCUT2D eigenvalue weighted by molar-refractivity contribution is 5.91. The Morgan fingerprint density at radius 3 is 3.27 bits per heavy atom. The number of rotatable bonds is 0. The van der Waals surface area contributed by atoms with Crippen LogP contribution in [0.4, 0.5) is 4.79 Å². The van der Waals surface area contributed by atoms with Crippen molar-refractivity contribution >= 4 is 12.3 Å². The van der Waals surface area contributed by atoms with Gasteiger partial charge < -0.3 is 5.11 Å². The van der Waals surface area contributed by atoms with Crippen LogP contribution in [0.25, 0.3) is 0 Å². The van der Waals surface area contributed by atoms with Gasteiger partial charge >= 0.3 is 6.09 Å². The lowest BCUT2D eigenvalue weighted by Gasteiger charge is -2.11. The molecule has 4 heteroatoms. The molecule has 0 radical (unpaired) electrons. The molecule has 0 aromatic carbocycles. The Morgan fingerprint density at radius 2 is 2.55 bits per heavy atom. The maximum Gasteiger partial charge on any atom is 0.412 e. The van der Waals surface area contributed by atoms with Crippen LogP contribution in [0.1, 0.15) is 0 Å². The van der Waals surface area contributed by atoms with E-state index in [0.29, 0.717) is 12.2 Å². The number of fused-ring (bicyclic) bond motifs is 1.